The first-order valence-corrected chi connectivity index (χ1v) is 12.0. The minimum atomic E-state index is -3.50. The van der Waals surface area contributed by atoms with Crippen molar-refractivity contribution in [3.63, 3.8) is 0 Å². The maximum atomic E-state index is 12.1. The summed E-state index contributed by atoms with van der Waals surface area (Å²) in [5.41, 5.74) is 2.27. The lowest BCUT2D eigenvalue weighted by Crippen LogP contribution is -2.30. The van der Waals surface area contributed by atoms with Gasteiger partial charge in [0.05, 0.1) is 10.1 Å². The van der Waals surface area contributed by atoms with E-state index in [1.165, 1.54) is 0 Å². The summed E-state index contributed by atoms with van der Waals surface area (Å²) in [6.45, 7) is 7.30. The summed E-state index contributed by atoms with van der Waals surface area (Å²) in [6.07, 6.45) is 0. The van der Waals surface area contributed by atoms with E-state index in [0.717, 1.165) is 11.3 Å². The zero-order chi connectivity index (χ0) is 20.9. The summed E-state index contributed by atoms with van der Waals surface area (Å²) >= 11 is 0. The van der Waals surface area contributed by atoms with Crippen molar-refractivity contribution >= 4 is 31.4 Å². The first-order valence-electron chi connectivity index (χ1n) is 8.96. The maximum absolute atomic E-state index is 12.1. The van der Waals surface area contributed by atoms with E-state index in [1.54, 1.807) is 64.1 Å². The molecule has 2 aromatic rings. The van der Waals surface area contributed by atoms with Gasteiger partial charge in [-0.1, -0.05) is 12.1 Å². The van der Waals surface area contributed by atoms with Crippen LogP contribution in [0.3, 0.4) is 0 Å². The van der Waals surface area contributed by atoms with E-state index in [9.17, 15) is 16.8 Å². The fourth-order valence-corrected chi connectivity index (χ4v) is 4.26. The van der Waals surface area contributed by atoms with Crippen LogP contribution in [-0.4, -0.2) is 28.1 Å². The quantitative estimate of drug-likeness (QED) is 0.573. The van der Waals surface area contributed by atoms with Crippen molar-refractivity contribution in [3.8, 4) is 0 Å². The Morgan fingerprint density at radius 1 is 0.786 bits per heavy atom. The third-order valence-corrected chi connectivity index (χ3v) is 7.32. The zero-order valence-corrected chi connectivity index (χ0v) is 18.1. The highest BCUT2D eigenvalue weighted by atomic mass is 32.2. The van der Waals surface area contributed by atoms with Crippen LogP contribution in [0.4, 0.5) is 11.4 Å². The van der Waals surface area contributed by atoms with Crippen molar-refractivity contribution in [2.75, 3.05) is 10.0 Å². The minimum Gasteiger partial charge on any atom is -0.381 e. The van der Waals surface area contributed by atoms with Crippen LogP contribution in [0, 0.1) is 0 Å². The molecular formula is C19H27N3O4S2. The van der Waals surface area contributed by atoms with Crippen molar-refractivity contribution < 1.29 is 16.8 Å². The molecule has 0 spiro atoms. The molecule has 154 valence electrons. The lowest BCUT2D eigenvalue weighted by Gasteiger charge is -2.12. The van der Waals surface area contributed by atoms with E-state index in [0.29, 0.717) is 12.2 Å². The zero-order valence-electron chi connectivity index (χ0n) is 16.4. The van der Waals surface area contributed by atoms with Gasteiger partial charge in [-0.15, -0.1) is 0 Å². The van der Waals surface area contributed by atoms with Gasteiger partial charge in [0.2, 0.25) is 20.0 Å². The van der Waals surface area contributed by atoms with Crippen LogP contribution in [0.2, 0.25) is 0 Å². The van der Waals surface area contributed by atoms with Gasteiger partial charge in [0.25, 0.3) is 0 Å². The Hall–Kier alpha value is -2.10. The summed E-state index contributed by atoms with van der Waals surface area (Å²) in [5.74, 6) is 0. The second-order valence-electron chi connectivity index (χ2n) is 7.05. The monoisotopic (exact) mass is 425 g/mol. The third-order valence-electron chi connectivity index (χ3n) is 3.89. The lowest BCUT2D eigenvalue weighted by molar-refractivity contribution is 0.570. The fourth-order valence-electron chi connectivity index (χ4n) is 2.31. The van der Waals surface area contributed by atoms with Crippen LogP contribution in [0.5, 0.6) is 0 Å². The molecule has 9 heteroatoms. The minimum absolute atomic E-state index is 0.171. The molecule has 0 atom stereocenters. The standard InChI is InChI=1S/C19H27N3O4S2/c1-14(2)21-28(25,26)19-11-9-17(10-12-19)20-13-16-5-7-18(8-6-16)22-27(23,24)15(3)4/h5-12,14-15,20-22H,13H2,1-4H3. The number of nitrogens with one attached hydrogen (secondary N) is 3. The van der Waals surface area contributed by atoms with Gasteiger partial charge in [-0.3, -0.25) is 4.72 Å². The predicted octanol–water partition coefficient (Wildman–Crippen LogP) is 3.14. The van der Waals surface area contributed by atoms with Crippen LogP contribution in [0.15, 0.2) is 53.4 Å². The molecule has 28 heavy (non-hydrogen) atoms. The summed E-state index contributed by atoms with van der Waals surface area (Å²) in [7, 11) is -6.87. The largest absolute Gasteiger partial charge is 0.381 e. The summed E-state index contributed by atoms with van der Waals surface area (Å²) in [4.78, 5) is 0.216. The van der Waals surface area contributed by atoms with Crippen LogP contribution >= 0.6 is 0 Å². The maximum Gasteiger partial charge on any atom is 0.240 e. The molecule has 0 radical (unpaired) electrons. The number of hydrogen-bond acceptors (Lipinski definition) is 5. The van der Waals surface area contributed by atoms with Crippen LogP contribution in [0.1, 0.15) is 33.3 Å². The lowest BCUT2D eigenvalue weighted by atomic mass is 10.2. The molecule has 7 nitrogen and oxygen atoms in total. The van der Waals surface area contributed by atoms with Crippen LogP contribution in [-0.2, 0) is 26.6 Å². The normalized spacial score (nSPS) is 12.4. The topological polar surface area (TPSA) is 104 Å². The second kappa shape index (κ2) is 8.93. The highest BCUT2D eigenvalue weighted by Gasteiger charge is 2.16. The van der Waals surface area contributed by atoms with E-state index >= 15 is 0 Å². The van der Waals surface area contributed by atoms with Crippen LogP contribution in [0.25, 0.3) is 0 Å². The predicted molar refractivity (Wildman–Crippen MR) is 113 cm³/mol. The Kier molecular flexibility index (Phi) is 7.08. The van der Waals surface area contributed by atoms with Gasteiger partial charge in [0, 0.05) is 24.0 Å². The average Bonchev–Trinajstić information content (AvgIpc) is 2.60. The van der Waals surface area contributed by atoms with Gasteiger partial charge >= 0.3 is 0 Å². The molecule has 0 saturated heterocycles. The highest BCUT2D eigenvalue weighted by molar-refractivity contribution is 7.93. The van der Waals surface area contributed by atoms with Crippen LogP contribution < -0.4 is 14.8 Å². The van der Waals surface area contributed by atoms with E-state index in [4.69, 9.17) is 0 Å². The molecule has 0 amide bonds. The molecular weight excluding hydrogens is 398 g/mol. The van der Waals surface area contributed by atoms with Crippen molar-refractivity contribution in [2.24, 2.45) is 0 Å². The molecule has 0 heterocycles. The van der Waals surface area contributed by atoms with Crippen molar-refractivity contribution in [1.29, 1.82) is 0 Å². The fraction of sp³-hybridized carbons (Fsp3) is 0.368. The van der Waals surface area contributed by atoms with Gasteiger partial charge in [-0.25, -0.2) is 21.6 Å². The number of sulfonamides is 2. The Balaban J connectivity index is 1.97. The van der Waals surface area contributed by atoms with Gasteiger partial charge in [-0.05, 0) is 69.7 Å². The number of benzene rings is 2. The molecule has 0 aliphatic rings. The molecule has 0 aliphatic heterocycles. The SMILES string of the molecule is CC(C)NS(=O)(=O)c1ccc(NCc2ccc(NS(=O)(=O)C(C)C)cc2)cc1. The van der Waals surface area contributed by atoms with E-state index in [1.807, 2.05) is 12.1 Å². The van der Waals surface area contributed by atoms with Crippen molar-refractivity contribution in [3.05, 3.63) is 54.1 Å². The Bertz CT molecular complexity index is 982. The van der Waals surface area contributed by atoms with E-state index < -0.39 is 25.3 Å². The molecule has 0 unspecified atom stereocenters. The Morgan fingerprint density at radius 2 is 1.32 bits per heavy atom. The Labute approximate surface area is 167 Å². The smallest absolute Gasteiger partial charge is 0.240 e. The summed E-state index contributed by atoms with van der Waals surface area (Å²) in [5, 5.41) is 2.71. The summed E-state index contributed by atoms with van der Waals surface area (Å²) < 4.78 is 53.1. The van der Waals surface area contributed by atoms with Crippen molar-refractivity contribution in [1.82, 2.24) is 4.72 Å². The molecule has 0 saturated carbocycles. The average molecular weight is 426 g/mol. The molecule has 0 fully saturated rings. The highest BCUT2D eigenvalue weighted by Crippen LogP contribution is 2.17. The van der Waals surface area contributed by atoms with Gasteiger partial charge in [0.1, 0.15) is 0 Å². The van der Waals surface area contributed by atoms with Gasteiger partial charge < -0.3 is 5.32 Å². The molecule has 0 aromatic heterocycles. The summed E-state index contributed by atoms with van der Waals surface area (Å²) in [6, 6.07) is 13.4. The van der Waals surface area contributed by atoms with Gasteiger partial charge in [0.15, 0.2) is 0 Å². The number of rotatable bonds is 9. The Morgan fingerprint density at radius 3 is 1.82 bits per heavy atom. The van der Waals surface area contributed by atoms with E-state index in [-0.39, 0.29) is 10.9 Å². The second-order valence-corrected chi connectivity index (χ2v) is 11.0. The van der Waals surface area contributed by atoms with E-state index in [2.05, 4.69) is 14.8 Å². The number of hydrogen-bond donors (Lipinski definition) is 3. The first-order chi connectivity index (χ1) is 13.0. The van der Waals surface area contributed by atoms with Crippen molar-refractivity contribution in [2.45, 2.75) is 50.4 Å². The molecule has 0 aliphatic carbocycles. The number of anilines is 2. The molecule has 2 aromatic carbocycles. The first kappa shape index (κ1) is 22.2. The molecule has 3 N–H and O–H groups in total. The molecule has 0 bridgehead atoms. The van der Waals surface area contributed by atoms with Gasteiger partial charge in [-0.2, -0.15) is 0 Å². The third kappa shape index (κ3) is 6.22. The molecule has 2 rings (SSSR count).